The molecule has 13 nitrogen and oxygen atoms in total. The Balaban J connectivity index is 0.000000171. The van der Waals surface area contributed by atoms with Gasteiger partial charge in [-0.3, -0.25) is 4.98 Å². The van der Waals surface area contributed by atoms with Gasteiger partial charge < -0.3 is 20.2 Å². The summed E-state index contributed by atoms with van der Waals surface area (Å²) in [5.41, 5.74) is 6.95. The summed E-state index contributed by atoms with van der Waals surface area (Å²) in [6.07, 6.45) is 10.9. The van der Waals surface area contributed by atoms with E-state index in [9.17, 15) is 10.5 Å². The Kier molecular flexibility index (Phi) is 11.1. The molecular weight excluding hydrogens is 675 g/mol. The van der Waals surface area contributed by atoms with Crippen LogP contribution in [0.25, 0.3) is 22.1 Å². The molecule has 8 rings (SSSR count). The molecule has 0 aliphatic heterocycles. The maximum atomic E-state index is 9.99. The van der Waals surface area contributed by atoms with Gasteiger partial charge >= 0.3 is 0 Å². The minimum atomic E-state index is -0.571. The number of H-pyrrole nitrogens is 1. The molecule has 1 aliphatic rings. The number of aromatic amines is 1. The lowest BCUT2D eigenvalue weighted by molar-refractivity contribution is 0.704. The number of para-hydroxylation sites is 4. The van der Waals surface area contributed by atoms with Crippen molar-refractivity contribution in [2.45, 2.75) is 70.4 Å². The van der Waals surface area contributed by atoms with Crippen molar-refractivity contribution in [3.8, 4) is 12.1 Å². The smallest absolute Gasteiger partial charge is 0.223 e. The highest BCUT2D eigenvalue weighted by molar-refractivity contribution is 5.76. The van der Waals surface area contributed by atoms with Crippen LogP contribution in [0.15, 0.2) is 91.4 Å². The molecule has 0 saturated heterocycles. The van der Waals surface area contributed by atoms with Gasteiger partial charge in [0, 0.05) is 43.4 Å². The van der Waals surface area contributed by atoms with E-state index in [2.05, 4.69) is 69.2 Å². The summed E-state index contributed by atoms with van der Waals surface area (Å²) < 4.78 is 2.08. The second kappa shape index (κ2) is 16.7. The van der Waals surface area contributed by atoms with Gasteiger partial charge in [-0.1, -0.05) is 43.2 Å². The molecule has 5 aromatic heterocycles. The molecule has 1 saturated carbocycles. The van der Waals surface area contributed by atoms with Crippen molar-refractivity contribution in [1.82, 2.24) is 44.4 Å². The van der Waals surface area contributed by atoms with Crippen LogP contribution in [0.5, 0.6) is 0 Å². The number of nitriles is 2. The number of anilines is 2. The lowest BCUT2D eigenvalue weighted by atomic mass is 10.1. The molecule has 2 aromatic carbocycles. The van der Waals surface area contributed by atoms with E-state index in [0.29, 0.717) is 47.5 Å². The number of nitrogens with one attached hydrogen (secondary N) is 3. The van der Waals surface area contributed by atoms with E-state index in [-0.39, 0.29) is 0 Å². The van der Waals surface area contributed by atoms with Gasteiger partial charge in [-0.2, -0.15) is 10.5 Å². The zero-order valence-corrected chi connectivity index (χ0v) is 30.3. The van der Waals surface area contributed by atoms with Crippen LogP contribution in [-0.4, -0.2) is 57.0 Å². The first kappa shape index (κ1) is 35.7. The van der Waals surface area contributed by atoms with Gasteiger partial charge in [-0.25, -0.2) is 29.9 Å². The first-order chi connectivity index (χ1) is 26.5. The third-order valence-corrected chi connectivity index (χ3v) is 9.45. The van der Waals surface area contributed by atoms with E-state index in [1.165, 1.54) is 12.8 Å². The van der Waals surface area contributed by atoms with Crippen LogP contribution in [0.4, 0.5) is 11.9 Å². The zero-order valence-electron chi connectivity index (χ0n) is 30.3. The van der Waals surface area contributed by atoms with Gasteiger partial charge in [0.1, 0.15) is 23.5 Å². The number of aryl methyl sites for hydroxylation is 2. The lowest BCUT2D eigenvalue weighted by Crippen LogP contribution is -2.17. The summed E-state index contributed by atoms with van der Waals surface area (Å²) in [5, 5.41) is 26.3. The maximum absolute atomic E-state index is 9.99. The number of aromatic nitrogens is 9. The first-order valence-corrected chi connectivity index (χ1v) is 18.3. The van der Waals surface area contributed by atoms with Crippen molar-refractivity contribution in [1.29, 1.82) is 10.5 Å². The van der Waals surface area contributed by atoms with E-state index in [1.807, 2.05) is 79.9 Å². The van der Waals surface area contributed by atoms with Crippen molar-refractivity contribution in [2.75, 3.05) is 17.2 Å². The quantitative estimate of drug-likeness (QED) is 0.123. The van der Waals surface area contributed by atoms with Gasteiger partial charge in [0.25, 0.3) is 0 Å². The molecule has 0 spiro atoms. The third kappa shape index (κ3) is 8.16. The highest BCUT2D eigenvalue weighted by Gasteiger charge is 2.24. The minimum Gasteiger partial charge on any atom is -0.354 e. The fourth-order valence-corrected chi connectivity index (χ4v) is 6.82. The van der Waals surface area contributed by atoms with Gasteiger partial charge in [-0.05, 0) is 81.1 Å². The Morgan fingerprint density at radius 2 is 1.61 bits per heavy atom. The van der Waals surface area contributed by atoms with Crippen LogP contribution in [0.1, 0.15) is 78.7 Å². The van der Waals surface area contributed by atoms with Crippen molar-refractivity contribution in [2.24, 2.45) is 0 Å². The molecule has 0 amide bonds. The third-order valence-electron chi connectivity index (χ3n) is 9.45. The Hall–Kier alpha value is -6.73. The standard InChI is InChI=1S/C23H23N7.C18H18N6/c1-3-30-21-9-5-4-8-19(21)28-22(30)18(14-24)20-13-16(2)27-23(29-20)26-12-10-17-7-6-11-25-15-17;19-11-13(17-22-15-7-3-4-8-16(15)23-17)14-9-10-20-18(24-14)21-12-5-1-2-6-12/h4-9,11,13,15,18H,3,10,12H2,1-2H3,(H,26,27,29);3-4,7-10,12-13H,1-2,5-6H2,(H,22,23)(H,20,21,24). The van der Waals surface area contributed by atoms with E-state index >= 15 is 0 Å². The predicted molar refractivity (Wildman–Crippen MR) is 208 cm³/mol. The lowest BCUT2D eigenvalue weighted by Gasteiger charge is -2.13. The molecule has 13 heteroatoms. The highest BCUT2D eigenvalue weighted by atomic mass is 15.1. The fraction of sp³-hybridized carbons (Fsp3) is 0.293. The number of benzene rings is 2. The van der Waals surface area contributed by atoms with E-state index in [4.69, 9.17) is 4.98 Å². The van der Waals surface area contributed by atoms with E-state index in [1.54, 1.807) is 18.5 Å². The molecule has 270 valence electrons. The van der Waals surface area contributed by atoms with Crippen molar-refractivity contribution in [3.63, 3.8) is 0 Å². The second-order valence-corrected chi connectivity index (χ2v) is 13.2. The monoisotopic (exact) mass is 715 g/mol. The van der Waals surface area contributed by atoms with Crippen molar-refractivity contribution < 1.29 is 0 Å². The summed E-state index contributed by atoms with van der Waals surface area (Å²) in [6.45, 7) is 5.38. The van der Waals surface area contributed by atoms with Crippen molar-refractivity contribution in [3.05, 3.63) is 126 Å². The van der Waals surface area contributed by atoms with E-state index < -0.39 is 11.8 Å². The van der Waals surface area contributed by atoms with Crippen LogP contribution in [0.2, 0.25) is 0 Å². The molecule has 2 unspecified atom stereocenters. The molecular formula is C41H41N13. The van der Waals surface area contributed by atoms with Gasteiger partial charge in [0.15, 0.2) is 0 Å². The normalized spacial score (nSPS) is 13.8. The Morgan fingerprint density at radius 1 is 0.833 bits per heavy atom. The molecule has 2 atom stereocenters. The van der Waals surface area contributed by atoms with Crippen LogP contribution in [0.3, 0.4) is 0 Å². The van der Waals surface area contributed by atoms with Gasteiger partial charge in [-0.15, -0.1) is 0 Å². The molecule has 1 aliphatic carbocycles. The van der Waals surface area contributed by atoms with Crippen molar-refractivity contribution >= 4 is 34.0 Å². The number of hydrogen-bond donors (Lipinski definition) is 3. The molecule has 5 heterocycles. The Morgan fingerprint density at radius 3 is 2.37 bits per heavy atom. The minimum absolute atomic E-state index is 0.437. The van der Waals surface area contributed by atoms with Crippen LogP contribution in [-0.2, 0) is 13.0 Å². The number of fused-ring (bicyclic) bond motifs is 2. The highest BCUT2D eigenvalue weighted by Crippen LogP contribution is 2.28. The topological polar surface area (TPSA) is 183 Å². The molecule has 1 fully saturated rings. The molecule has 54 heavy (non-hydrogen) atoms. The maximum Gasteiger partial charge on any atom is 0.223 e. The van der Waals surface area contributed by atoms with Crippen LogP contribution in [0, 0.1) is 29.6 Å². The van der Waals surface area contributed by atoms with Gasteiger partial charge in [0.2, 0.25) is 11.9 Å². The zero-order chi connectivity index (χ0) is 37.3. The summed E-state index contributed by atoms with van der Waals surface area (Å²) >= 11 is 0. The van der Waals surface area contributed by atoms with Gasteiger partial charge in [0.05, 0.1) is 45.6 Å². The fourth-order valence-electron chi connectivity index (χ4n) is 6.82. The second-order valence-electron chi connectivity index (χ2n) is 13.2. The number of hydrogen-bond acceptors (Lipinski definition) is 11. The largest absolute Gasteiger partial charge is 0.354 e. The summed E-state index contributed by atoms with van der Waals surface area (Å²) in [4.78, 5) is 34.6. The molecule has 0 bridgehead atoms. The van der Waals surface area contributed by atoms with Crippen LogP contribution >= 0.6 is 0 Å². The SMILES string of the molecule is CCn1c(C(C#N)c2cc(C)nc(NCCc3cccnc3)n2)nc2ccccc21.N#CC(c1ccnc(NC2CCCC2)n1)c1nc2ccccc2[nH]1. The van der Waals surface area contributed by atoms with E-state index in [0.717, 1.165) is 59.1 Å². The number of pyridine rings is 1. The Labute approximate surface area is 313 Å². The first-order valence-electron chi connectivity index (χ1n) is 18.3. The number of rotatable bonds is 11. The average molecular weight is 716 g/mol. The molecule has 3 N–H and O–H groups in total. The number of imidazole rings is 2. The van der Waals surface area contributed by atoms with Crippen LogP contribution < -0.4 is 10.6 Å². The Bertz CT molecular complexity index is 2380. The molecule has 7 aromatic rings. The molecule has 0 radical (unpaired) electrons. The average Bonchev–Trinajstić information content (AvgIpc) is 3.95. The summed E-state index contributed by atoms with van der Waals surface area (Å²) in [5.74, 6) is 1.33. The predicted octanol–water partition coefficient (Wildman–Crippen LogP) is 7.22. The summed E-state index contributed by atoms with van der Waals surface area (Å²) in [7, 11) is 0. The summed E-state index contributed by atoms with van der Waals surface area (Å²) in [6, 6.07) is 28.4. The number of nitrogens with zero attached hydrogens (tertiary/aromatic N) is 10.